The van der Waals surface area contributed by atoms with E-state index in [-0.39, 0.29) is 24.8 Å². The first kappa shape index (κ1) is 20.3. The van der Waals surface area contributed by atoms with Crippen molar-refractivity contribution < 1.29 is 18.8 Å². The minimum atomic E-state index is -0.647. The highest BCUT2D eigenvalue weighted by Crippen LogP contribution is 2.33. The highest BCUT2D eigenvalue weighted by molar-refractivity contribution is 6.38. The molecule has 1 atom stereocenters. The molecule has 1 aromatic rings. The molecule has 0 aromatic heterocycles. The van der Waals surface area contributed by atoms with Gasteiger partial charge in [-0.15, -0.1) is 0 Å². The summed E-state index contributed by atoms with van der Waals surface area (Å²) in [6.07, 6.45) is 5.46. The third-order valence-corrected chi connectivity index (χ3v) is 5.73. The van der Waals surface area contributed by atoms with Crippen LogP contribution in [0.25, 0.3) is 0 Å². The fourth-order valence-electron chi connectivity index (χ4n) is 4.05. The molecule has 0 saturated heterocycles. The summed E-state index contributed by atoms with van der Waals surface area (Å²) in [7, 11) is 3.28. The zero-order valence-electron chi connectivity index (χ0n) is 16.5. The average Bonchev–Trinajstić information content (AvgIpc) is 3.09. The molecule has 0 radical (unpaired) electrons. The van der Waals surface area contributed by atoms with Gasteiger partial charge in [0.15, 0.2) is 0 Å². The fourth-order valence-corrected chi connectivity index (χ4v) is 4.05. The van der Waals surface area contributed by atoms with Crippen LogP contribution in [0.15, 0.2) is 18.2 Å². The Morgan fingerprint density at radius 3 is 2.54 bits per heavy atom. The molecule has 1 unspecified atom stereocenters. The minimum absolute atomic E-state index is 0.0928. The largest absolute Gasteiger partial charge is 0.384 e. The van der Waals surface area contributed by atoms with Crippen LogP contribution < -0.4 is 5.32 Å². The van der Waals surface area contributed by atoms with E-state index in [1.165, 1.54) is 28.4 Å². The van der Waals surface area contributed by atoms with Crippen LogP contribution >= 0.6 is 0 Å². The topological polar surface area (TPSA) is 69.7 Å². The lowest BCUT2D eigenvalue weighted by molar-refractivity contribution is -0.148. The van der Waals surface area contributed by atoms with Crippen molar-refractivity contribution >= 4 is 23.3 Å². The number of halogens is 1. The smallest absolute Gasteiger partial charge is 0.291 e. The van der Waals surface area contributed by atoms with Crippen molar-refractivity contribution in [2.75, 3.05) is 39.0 Å². The number of carbonyl (C=O) groups excluding carboxylic acids is 3. The summed E-state index contributed by atoms with van der Waals surface area (Å²) in [6.45, 7) is 0.604. The van der Waals surface area contributed by atoms with Gasteiger partial charge in [-0.3, -0.25) is 14.4 Å². The fraction of sp³-hybridized carbons (Fsp3) is 0.571. The Morgan fingerprint density at radius 1 is 1.14 bits per heavy atom. The van der Waals surface area contributed by atoms with Gasteiger partial charge in [0.2, 0.25) is 11.7 Å². The molecule has 6 nitrogen and oxygen atoms in total. The predicted molar refractivity (Wildman–Crippen MR) is 104 cm³/mol. The van der Waals surface area contributed by atoms with E-state index in [2.05, 4.69) is 5.32 Å². The second kappa shape index (κ2) is 8.71. The maximum Gasteiger partial charge on any atom is 0.291 e. The Hall–Kier alpha value is -2.44. The molecule has 152 valence electrons. The standard InChI is InChI=1S/C21H28FN3O3/c1-24(2)19(26)13-25(12-14-6-4-3-5-7-14)21(28)20(27)17-11-23-18-10-15(22)8-9-16(17)18/h8-10,14,17,23H,3-7,11-13H2,1-2H3. The summed E-state index contributed by atoms with van der Waals surface area (Å²) in [5.41, 5.74) is 1.19. The van der Waals surface area contributed by atoms with Crippen molar-refractivity contribution in [1.82, 2.24) is 9.80 Å². The zero-order chi connectivity index (χ0) is 20.3. The summed E-state index contributed by atoms with van der Waals surface area (Å²) in [5, 5.41) is 3.00. The molecule has 1 N–H and O–H groups in total. The first-order valence-corrected chi connectivity index (χ1v) is 9.93. The van der Waals surface area contributed by atoms with Crippen molar-refractivity contribution in [2.45, 2.75) is 38.0 Å². The SMILES string of the molecule is CN(C)C(=O)CN(CC1CCCCC1)C(=O)C(=O)C1CNc2cc(F)ccc21. The third-order valence-electron chi connectivity index (χ3n) is 5.73. The number of carbonyl (C=O) groups is 3. The second-order valence-corrected chi connectivity index (χ2v) is 8.01. The number of hydrogen-bond acceptors (Lipinski definition) is 4. The minimum Gasteiger partial charge on any atom is -0.384 e. The maximum atomic E-state index is 13.4. The van der Waals surface area contributed by atoms with Crippen LogP contribution in [-0.4, -0.2) is 61.1 Å². The van der Waals surface area contributed by atoms with E-state index in [0.717, 1.165) is 25.7 Å². The Bertz CT molecular complexity index is 759. The van der Waals surface area contributed by atoms with Gasteiger partial charge in [0.25, 0.3) is 5.91 Å². The van der Waals surface area contributed by atoms with Crippen LogP contribution in [0, 0.1) is 11.7 Å². The van der Waals surface area contributed by atoms with E-state index in [4.69, 9.17) is 0 Å². The molecule has 0 spiro atoms. The number of Topliss-reactive ketones (excluding diaryl/α,β-unsaturated/α-hetero) is 1. The monoisotopic (exact) mass is 389 g/mol. The molecule has 1 aliphatic carbocycles. The summed E-state index contributed by atoms with van der Waals surface area (Å²) in [6, 6.07) is 4.19. The highest BCUT2D eigenvalue weighted by Gasteiger charge is 2.36. The van der Waals surface area contributed by atoms with E-state index in [1.54, 1.807) is 20.2 Å². The third kappa shape index (κ3) is 4.51. The van der Waals surface area contributed by atoms with Gasteiger partial charge >= 0.3 is 0 Å². The van der Waals surface area contributed by atoms with E-state index in [0.29, 0.717) is 23.7 Å². The van der Waals surface area contributed by atoms with Crippen LogP contribution in [0.3, 0.4) is 0 Å². The van der Waals surface area contributed by atoms with Gasteiger partial charge in [-0.05, 0) is 36.5 Å². The van der Waals surface area contributed by atoms with Crippen molar-refractivity contribution in [2.24, 2.45) is 5.92 Å². The number of anilines is 1. The van der Waals surface area contributed by atoms with Crippen molar-refractivity contribution in [1.29, 1.82) is 0 Å². The van der Waals surface area contributed by atoms with E-state index < -0.39 is 17.6 Å². The lowest BCUT2D eigenvalue weighted by atomic mass is 9.88. The first-order valence-electron chi connectivity index (χ1n) is 9.93. The van der Waals surface area contributed by atoms with Crippen LogP contribution in [0.4, 0.5) is 10.1 Å². The van der Waals surface area contributed by atoms with E-state index in [9.17, 15) is 18.8 Å². The predicted octanol–water partition coefficient (Wildman–Crippen LogP) is 2.40. The summed E-state index contributed by atoms with van der Waals surface area (Å²) in [5.74, 6) is -2.08. The Kier molecular flexibility index (Phi) is 6.31. The van der Waals surface area contributed by atoms with Crippen molar-refractivity contribution in [3.8, 4) is 0 Å². The zero-order valence-corrected chi connectivity index (χ0v) is 16.5. The number of ketones is 1. The number of rotatable bonds is 6. The van der Waals surface area contributed by atoms with Crippen LogP contribution in [-0.2, 0) is 14.4 Å². The molecule has 2 aliphatic rings. The molecule has 2 amide bonds. The summed E-state index contributed by atoms with van der Waals surface area (Å²) in [4.78, 5) is 41.1. The maximum absolute atomic E-state index is 13.4. The van der Waals surface area contributed by atoms with Gasteiger partial charge in [0.1, 0.15) is 12.4 Å². The van der Waals surface area contributed by atoms with Gasteiger partial charge < -0.3 is 15.1 Å². The van der Waals surface area contributed by atoms with E-state index >= 15 is 0 Å². The highest BCUT2D eigenvalue weighted by atomic mass is 19.1. The number of fused-ring (bicyclic) bond motifs is 1. The summed E-state index contributed by atoms with van der Waals surface area (Å²) >= 11 is 0. The van der Waals surface area contributed by atoms with Gasteiger partial charge in [-0.2, -0.15) is 0 Å². The number of nitrogens with zero attached hydrogens (tertiary/aromatic N) is 2. The van der Waals surface area contributed by atoms with Crippen LogP contribution in [0.2, 0.25) is 0 Å². The second-order valence-electron chi connectivity index (χ2n) is 8.01. The van der Waals surface area contributed by atoms with Crippen molar-refractivity contribution in [3.05, 3.63) is 29.6 Å². The molecule has 1 aromatic carbocycles. The van der Waals surface area contributed by atoms with Gasteiger partial charge in [0, 0.05) is 32.9 Å². The summed E-state index contributed by atoms with van der Waals surface area (Å²) < 4.78 is 13.4. The molecule has 3 rings (SSSR count). The van der Waals surface area contributed by atoms with Crippen molar-refractivity contribution in [3.63, 3.8) is 0 Å². The van der Waals surface area contributed by atoms with Gasteiger partial charge in [-0.1, -0.05) is 25.3 Å². The molecular formula is C21H28FN3O3. The van der Waals surface area contributed by atoms with Crippen LogP contribution in [0.5, 0.6) is 0 Å². The first-order chi connectivity index (χ1) is 13.4. The lowest BCUT2D eigenvalue weighted by Gasteiger charge is -2.30. The normalized spacial score (nSPS) is 18.9. The number of amides is 2. The number of hydrogen-bond donors (Lipinski definition) is 1. The molecule has 28 heavy (non-hydrogen) atoms. The van der Waals surface area contributed by atoms with Crippen LogP contribution in [0.1, 0.15) is 43.6 Å². The molecule has 1 fully saturated rings. The van der Waals surface area contributed by atoms with Gasteiger partial charge in [-0.25, -0.2) is 4.39 Å². The molecule has 7 heteroatoms. The Labute approximate surface area is 165 Å². The quantitative estimate of drug-likeness (QED) is 0.759. The van der Waals surface area contributed by atoms with E-state index in [1.807, 2.05) is 0 Å². The Balaban J connectivity index is 1.76. The van der Waals surface area contributed by atoms with Gasteiger partial charge in [0.05, 0.1) is 5.92 Å². The number of likely N-dealkylation sites (N-methyl/N-ethyl adjacent to an activating group) is 1. The molecule has 0 bridgehead atoms. The molecule has 1 aliphatic heterocycles. The molecule has 1 heterocycles. The lowest BCUT2D eigenvalue weighted by Crippen LogP contribution is -2.47. The average molecular weight is 389 g/mol. The number of benzene rings is 1. The molecular weight excluding hydrogens is 361 g/mol. The Morgan fingerprint density at radius 2 is 1.86 bits per heavy atom. The number of nitrogens with one attached hydrogen (secondary N) is 1. The molecule has 1 saturated carbocycles.